The molecular weight excluding hydrogens is 416 g/mol. The van der Waals surface area contributed by atoms with Gasteiger partial charge in [0.2, 0.25) is 9.84 Å². The summed E-state index contributed by atoms with van der Waals surface area (Å²) in [7, 11) is -3.91. The van der Waals surface area contributed by atoms with Crippen LogP contribution < -0.4 is 5.32 Å². The number of hydrogen-bond donors (Lipinski definition) is 1. The van der Waals surface area contributed by atoms with Crippen LogP contribution >= 0.6 is 0 Å². The van der Waals surface area contributed by atoms with Crippen molar-refractivity contribution in [2.75, 3.05) is 5.32 Å². The zero-order valence-corrected chi connectivity index (χ0v) is 18.2. The summed E-state index contributed by atoms with van der Waals surface area (Å²) in [5, 5.41) is 2.75. The van der Waals surface area contributed by atoms with E-state index in [1.54, 1.807) is 60.2 Å². The van der Waals surface area contributed by atoms with E-state index in [1.165, 1.54) is 12.3 Å². The second-order valence-electron chi connectivity index (χ2n) is 7.30. The molecule has 0 saturated heterocycles. The van der Waals surface area contributed by atoms with Crippen molar-refractivity contribution in [3.05, 3.63) is 89.4 Å². The predicted octanol–water partition coefficient (Wildman–Crippen LogP) is 4.73. The van der Waals surface area contributed by atoms with E-state index >= 15 is 0 Å². The zero-order chi connectivity index (χ0) is 22.2. The third-order valence-electron chi connectivity index (χ3n) is 5.24. The Balaban J connectivity index is 1.89. The first kappa shape index (κ1) is 20.7. The molecule has 0 spiro atoms. The highest BCUT2D eigenvalue weighted by Gasteiger charge is 2.31. The van der Waals surface area contributed by atoms with Crippen LogP contribution in [0, 0.1) is 20.8 Å². The van der Waals surface area contributed by atoms with Gasteiger partial charge in [-0.3, -0.25) is 4.79 Å². The molecule has 0 atom stereocenters. The van der Waals surface area contributed by atoms with Crippen LogP contribution in [0.25, 0.3) is 0 Å². The molecule has 0 saturated carbocycles. The van der Waals surface area contributed by atoms with Crippen molar-refractivity contribution in [3.8, 4) is 0 Å². The van der Waals surface area contributed by atoms with Gasteiger partial charge in [-0.25, -0.2) is 8.42 Å². The summed E-state index contributed by atoms with van der Waals surface area (Å²) in [4.78, 5) is 13.0. The Bertz CT molecular complexity index is 1310. The Labute approximate surface area is 180 Å². The molecule has 0 aliphatic carbocycles. The second-order valence-corrected chi connectivity index (χ2v) is 9.19. The summed E-state index contributed by atoms with van der Waals surface area (Å²) in [5.41, 5.74) is 2.22. The lowest BCUT2D eigenvalue weighted by Gasteiger charge is -2.13. The van der Waals surface area contributed by atoms with E-state index in [0.717, 1.165) is 5.56 Å². The van der Waals surface area contributed by atoms with Crippen molar-refractivity contribution in [2.45, 2.75) is 37.1 Å². The highest BCUT2D eigenvalue weighted by atomic mass is 32.2. The number of aromatic nitrogens is 1. The molecule has 0 aliphatic rings. The molecule has 4 rings (SSSR count). The molecule has 8 heteroatoms. The summed E-state index contributed by atoms with van der Waals surface area (Å²) in [6.07, 6.45) is 2.93. The highest BCUT2D eigenvalue weighted by molar-refractivity contribution is 7.91. The van der Waals surface area contributed by atoms with Crippen molar-refractivity contribution in [1.29, 1.82) is 0 Å². The number of carbonyl (C=O) groups excluding carboxylic acids is 1. The van der Waals surface area contributed by atoms with Crippen LogP contribution in [0.2, 0.25) is 0 Å². The molecule has 0 bridgehead atoms. The molecule has 31 heavy (non-hydrogen) atoms. The number of anilines is 1. The number of aryl methyl sites for hydroxylation is 1. The van der Waals surface area contributed by atoms with Gasteiger partial charge in [0.05, 0.1) is 24.0 Å². The summed E-state index contributed by atoms with van der Waals surface area (Å²) >= 11 is 0. The van der Waals surface area contributed by atoms with E-state index < -0.39 is 15.7 Å². The average molecular weight is 439 g/mol. The molecular formula is C23H22N2O5S. The summed E-state index contributed by atoms with van der Waals surface area (Å²) in [6, 6.07) is 13.3. The Morgan fingerprint density at radius 3 is 2.26 bits per heavy atom. The summed E-state index contributed by atoms with van der Waals surface area (Å²) < 4.78 is 39.6. The van der Waals surface area contributed by atoms with Crippen molar-refractivity contribution < 1.29 is 22.0 Å². The molecule has 3 aromatic heterocycles. The van der Waals surface area contributed by atoms with Gasteiger partial charge < -0.3 is 18.7 Å². The first-order valence-corrected chi connectivity index (χ1v) is 11.2. The summed E-state index contributed by atoms with van der Waals surface area (Å²) in [5.74, 6) is 0.350. The zero-order valence-electron chi connectivity index (χ0n) is 17.4. The topological polar surface area (TPSA) is 94.5 Å². The largest absolute Gasteiger partial charge is 0.467 e. The summed E-state index contributed by atoms with van der Waals surface area (Å²) in [6.45, 7) is 5.70. The number of amides is 1. The molecule has 0 aliphatic heterocycles. The minimum Gasteiger partial charge on any atom is -0.467 e. The van der Waals surface area contributed by atoms with Crippen LogP contribution in [0.15, 0.2) is 79.7 Å². The fourth-order valence-electron chi connectivity index (χ4n) is 3.46. The van der Waals surface area contributed by atoms with E-state index in [1.807, 2.05) is 13.8 Å². The molecule has 3 heterocycles. The average Bonchev–Trinajstić information content (AvgIpc) is 3.48. The van der Waals surface area contributed by atoms with Crippen molar-refractivity contribution in [1.82, 2.24) is 4.57 Å². The number of furan rings is 2. The number of nitrogens with zero attached hydrogens (tertiary/aromatic N) is 1. The van der Waals surface area contributed by atoms with Crippen LogP contribution in [0.5, 0.6) is 0 Å². The van der Waals surface area contributed by atoms with Crippen molar-refractivity contribution in [2.24, 2.45) is 0 Å². The molecule has 0 radical (unpaired) electrons. The standard InChI is InChI=1S/C23H22N2O5S/c1-15-8-10-19(11-9-15)31(27,28)21-16(2)17(3)25(14-18-6-4-12-29-18)22(21)24-23(26)20-7-5-13-30-20/h4-13H,14H2,1-3H3,(H,24,26). The van der Waals surface area contributed by atoms with E-state index in [4.69, 9.17) is 8.83 Å². The Morgan fingerprint density at radius 2 is 1.65 bits per heavy atom. The van der Waals surface area contributed by atoms with Gasteiger partial charge in [0, 0.05) is 5.69 Å². The maximum Gasteiger partial charge on any atom is 0.292 e. The lowest BCUT2D eigenvalue weighted by atomic mass is 10.2. The van der Waals surface area contributed by atoms with E-state index in [-0.39, 0.29) is 27.9 Å². The minimum absolute atomic E-state index is 0.0558. The Hall–Kier alpha value is -3.52. The Kier molecular flexibility index (Phi) is 5.32. The third kappa shape index (κ3) is 3.82. The number of rotatable bonds is 6. The Morgan fingerprint density at radius 1 is 0.968 bits per heavy atom. The van der Waals surface area contributed by atoms with Crippen LogP contribution in [0.3, 0.4) is 0 Å². The van der Waals surface area contributed by atoms with Gasteiger partial charge in [0.1, 0.15) is 16.5 Å². The number of carbonyl (C=O) groups is 1. The van der Waals surface area contributed by atoms with E-state index in [2.05, 4.69) is 5.32 Å². The van der Waals surface area contributed by atoms with Gasteiger partial charge in [-0.05, 0) is 62.7 Å². The third-order valence-corrected chi connectivity index (χ3v) is 7.17. The van der Waals surface area contributed by atoms with Crippen LogP contribution in [0.4, 0.5) is 5.82 Å². The van der Waals surface area contributed by atoms with Crippen LogP contribution in [0.1, 0.15) is 33.1 Å². The van der Waals surface area contributed by atoms with E-state index in [0.29, 0.717) is 17.0 Å². The predicted molar refractivity (Wildman–Crippen MR) is 115 cm³/mol. The lowest BCUT2D eigenvalue weighted by Crippen LogP contribution is -2.18. The van der Waals surface area contributed by atoms with Gasteiger partial charge in [-0.2, -0.15) is 0 Å². The van der Waals surface area contributed by atoms with Crippen molar-refractivity contribution in [3.63, 3.8) is 0 Å². The number of hydrogen-bond acceptors (Lipinski definition) is 5. The fraction of sp³-hybridized carbons (Fsp3) is 0.174. The lowest BCUT2D eigenvalue weighted by molar-refractivity contribution is 0.0995. The van der Waals surface area contributed by atoms with Crippen molar-refractivity contribution >= 4 is 21.6 Å². The minimum atomic E-state index is -3.91. The molecule has 0 unspecified atom stereocenters. The molecule has 160 valence electrons. The van der Waals surface area contributed by atoms with Gasteiger partial charge in [0.25, 0.3) is 5.91 Å². The van der Waals surface area contributed by atoms with E-state index in [9.17, 15) is 13.2 Å². The second kappa shape index (κ2) is 7.96. The molecule has 0 fully saturated rings. The number of nitrogens with one attached hydrogen (secondary N) is 1. The highest BCUT2D eigenvalue weighted by Crippen LogP contribution is 2.36. The molecule has 1 N–H and O–H groups in total. The normalized spacial score (nSPS) is 11.6. The maximum atomic E-state index is 13.6. The fourth-order valence-corrected chi connectivity index (χ4v) is 5.15. The SMILES string of the molecule is Cc1ccc(S(=O)(=O)c2c(C)c(C)n(Cc3ccco3)c2NC(=O)c2ccco2)cc1. The first-order valence-electron chi connectivity index (χ1n) is 9.67. The number of benzene rings is 1. The van der Waals surface area contributed by atoms with Crippen LogP contribution in [-0.2, 0) is 16.4 Å². The molecule has 4 aromatic rings. The number of sulfone groups is 1. The first-order chi connectivity index (χ1) is 14.8. The maximum absolute atomic E-state index is 13.6. The quantitative estimate of drug-likeness (QED) is 0.469. The molecule has 1 amide bonds. The monoisotopic (exact) mass is 438 g/mol. The van der Waals surface area contributed by atoms with Gasteiger partial charge in [-0.15, -0.1) is 0 Å². The molecule has 1 aromatic carbocycles. The smallest absolute Gasteiger partial charge is 0.292 e. The van der Waals surface area contributed by atoms with Gasteiger partial charge >= 0.3 is 0 Å². The van der Waals surface area contributed by atoms with Crippen LogP contribution in [-0.4, -0.2) is 18.9 Å². The van der Waals surface area contributed by atoms with Gasteiger partial charge in [0.15, 0.2) is 5.76 Å². The molecule has 7 nitrogen and oxygen atoms in total. The van der Waals surface area contributed by atoms with Gasteiger partial charge in [-0.1, -0.05) is 17.7 Å².